The first-order valence-electron chi connectivity index (χ1n) is 8.08. The summed E-state index contributed by atoms with van der Waals surface area (Å²) in [5.74, 6) is 0.985. The largest absolute Gasteiger partial charge is 0.309 e. The quantitative estimate of drug-likeness (QED) is 0.828. The zero-order valence-corrected chi connectivity index (χ0v) is 12.8. The van der Waals surface area contributed by atoms with E-state index in [1.54, 1.807) is 0 Å². The van der Waals surface area contributed by atoms with E-state index in [9.17, 15) is 0 Å². The minimum atomic E-state index is 0.339. The first-order chi connectivity index (χ1) is 8.58. The number of rotatable bonds is 3. The molecule has 2 aliphatic rings. The van der Waals surface area contributed by atoms with Crippen molar-refractivity contribution in [1.29, 1.82) is 0 Å². The minimum absolute atomic E-state index is 0.339. The van der Waals surface area contributed by atoms with Crippen LogP contribution >= 0.6 is 0 Å². The Balaban J connectivity index is 2.01. The fraction of sp³-hybridized carbons (Fsp3) is 1.00. The Labute approximate surface area is 114 Å². The highest BCUT2D eigenvalue weighted by Gasteiger charge is 2.37. The van der Waals surface area contributed by atoms with Gasteiger partial charge in [-0.05, 0) is 39.0 Å². The topological polar surface area (TPSA) is 15.3 Å². The fourth-order valence-electron chi connectivity index (χ4n) is 3.79. The molecule has 0 amide bonds. The second-order valence-electron chi connectivity index (χ2n) is 6.91. The van der Waals surface area contributed by atoms with Gasteiger partial charge in [0.15, 0.2) is 0 Å². The summed E-state index contributed by atoms with van der Waals surface area (Å²) in [5, 5.41) is 3.75. The third kappa shape index (κ3) is 3.08. The molecule has 0 spiro atoms. The SMILES string of the molecule is CCC1CCCC(N2CC(C)(CC)NCC2C)C1. The van der Waals surface area contributed by atoms with E-state index in [-0.39, 0.29) is 0 Å². The van der Waals surface area contributed by atoms with Crippen LogP contribution in [-0.4, -0.2) is 35.6 Å². The van der Waals surface area contributed by atoms with Crippen LogP contribution in [0.4, 0.5) is 0 Å². The average molecular weight is 252 g/mol. The smallest absolute Gasteiger partial charge is 0.0278 e. The van der Waals surface area contributed by atoms with Crippen LogP contribution in [0.25, 0.3) is 0 Å². The Hall–Kier alpha value is -0.0800. The normalized spacial score (nSPS) is 43.0. The van der Waals surface area contributed by atoms with Gasteiger partial charge in [-0.1, -0.05) is 33.1 Å². The van der Waals surface area contributed by atoms with Crippen LogP contribution in [0.1, 0.15) is 66.2 Å². The Morgan fingerprint density at radius 1 is 1.28 bits per heavy atom. The Bertz CT molecular complexity index is 266. The predicted octanol–water partition coefficient (Wildman–Crippen LogP) is 3.42. The van der Waals surface area contributed by atoms with Gasteiger partial charge in [-0.25, -0.2) is 0 Å². The lowest BCUT2D eigenvalue weighted by Gasteiger charge is -2.50. The summed E-state index contributed by atoms with van der Waals surface area (Å²) in [5.41, 5.74) is 0.339. The molecule has 2 fully saturated rings. The van der Waals surface area contributed by atoms with Crippen LogP contribution in [0.3, 0.4) is 0 Å². The minimum Gasteiger partial charge on any atom is -0.309 e. The van der Waals surface area contributed by atoms with Crippen LogP contribution < -0.4 is 5.32 Å². The molecule has 1 aliphatic carbocycles. The number of nitrogens with zero attached hydrogens (tertiary/aromatic N) is 1. The summed E-state index contributed by atoms with van der Waals surface area (Å²) in [4.78, 5) is 2.82. The van der Waals surface area contributed by atoms with Gasteiger partial charge in [0.05, 0.1) is 0 Å². The summed E-state index contributed by atoms with van der Waals surface area (Å²) >= 11 is 0. The van der Waals surface area contributed by atoms with Gasteiger partial charge < -0.3 is 5.32 Å². The van der Waals surface area contributed by atoms with Gasteiger partial charge in [-0.2, -0.15) is 0 Å². The monoisotopic (exact) mass is 252 g/mol. The zero-order chi connectivity index (χ0) is 13.2. The summed E-state index contributed by atoms with van der Waals surface area (Å²) < 4.78 is 0. The Morgan fingerprint density at radius 2 is 2.06 bits per heavy atom. The average Bonchev–Trinajstić information content (AvgIpc) is 2.42. The van der Waals surface area contributed by atoms with Crippen molar-refractivity contribution in [3.63, 3.8) is 0 Å². The van der Waals surface area contributed by atoms with Crippen LogP contribution in [0, 0.1) is 5.92 Å². The Kier molecular flexibility index (Phi) is 4.71. The third-order valence-corrected chi connectivity index (χ3v) is 5.50. The van der Waals surface area contributed by atoms with Crippen molar-refractivity contribution in [2.24, 2.45) is 5.92 Å². The van der Waals surface area contributed by atoms with Crippen LogP contribution in [0.15, 0.2) is 0 Å². The highest BCUT2D eigenvalue weighted by atomic mass is 15.3. The van der Waals surface area contributed by atoms with E-state index in [0.717, 1.165) is 18.5 Å². The highest BCUT2D eigenvalue weighted by molar-refractivity contribution is 4.96. The van der Waals surface area contributed by atoms with E-state index in [1.807, 2.05) is 0 Å². The van der Waals surface area contributed by atoms with Crippen molar-refractivity contribution < 1.29 is 0 Å². The van der Waals surface area contributed by atoms with Gasteiger partial charge in [-0.15, -0.1) is 0 Å². The van der Waals surface area contributed by atoms with Gasteiger partial charge in [0, 0.05) is 30.7 Å². The van der Waals surface area contributed by atoms with E-state index >= 15 is 0 Å². The summed E-state index contributed by atoms with van der Waals surface area (Å²) in [6.45, 7) is 11.9. The molecular weight excluding hydrogens is 220 g/mol. The maximum absolute atomic E-state index is 3.75. The molecule has 1 aliphatic heterocycles. The van der Waals surface area contributed by atoms with Crippen LogP contribution in [0.5, 0.6) is 0 Å². The molecule has 106 valence electrons. The van der Waals surface area contributed by atoms with Crippen LogP contribution in [0.2, 0.25) is 0 Å². The molecule has 2 nitrogen and oxygen atoms in total. The molecule has 2 rings (SSSR count). The van der Waals surface area contributed by atoms with Gasteiger partial charge in [0.25, 0.3) is 0 Å². The van der Waals surface area contributed by atoms with Crippen molar-refractivity contribution in [2.75, 3.05) is 13.1 Å². The molecule has 0 aromatic carbocycles. The van der Waals surface area contributed by atoms with Crippen molar-refractivity contribution in [3.8, 4) is 0 Å². The van der Waals surface area contributed by atoms with E-state index in [2.05, 4.69) is 37.9 Å². The van der Waals surface area contributed by atoms with E-state index < -0.39 is 0 Å². The molecule has 1 saturated carbocycles. The van der Waals surface area contributed by atoms with E-state index in [4.69, 9.17) is 0 Å². The third-order valence-electron chi connectivity index (χ3n) is 5.50. The first-order valence-corrected chi connectivity index (χ1v) is 8.08. The molecule has 0 aromatic rings. The van der Waals surface area contributed by atoms with Gasteiger partial charge >= 0.3 is 0 Å². The lowest BCUT2D eigenvalue weighted by molar-refractivity contribution is 0.0279. The molecule has 0 aromatic heterocycles. The number of piperazine rings is 1. The van der Waals surface area contributed by atoms with Crippen molar-refractivity contribution in [1.82, 2.24) is 10.2 Å². The lowest BCUT2D eigenvalue weighted by atomic mass is 9.81. The first kappa shape index (κ1) is 14.3. The van der Waals surface area contributed by atoms with Gasteiger partial charge in [0.2, 0.25) is 0 Å². The summed E-state index contributed by atoms with van der Waals surface area (Å²) in [7, 11) is 0. The molecule has 4 unspecified atom stereocenters. The fourth-order valence-corrected chi connectivity index (χ4v) is 3.79. The lowest BCUT2D eigenvalue weighted by Crippen LogP contribution is -2.64. The van der Waals surface area contributed by atoms with Gasteiger partial charge in [-0.3, -0.25) is 4.90 Å². The van der Waals surface area contributed by atoms with Crippen molar-refractivity contribution >= 4 is 0 Å². The molecule has 1 N–H and O–H groups in total. The maximum atomic E-state index is 3.75. The zero-order valence-electron chi connectivity index (χ0n) is 12.8. The molecule has 0 bridgehead atoms. The highest BCUT2D eigenvalue weighted by Crippen LogP contribution is 2.32. The number of nitrogens with one attached hydrogen (secondary N) is 1. The molecule has 4 atom stereocenters. The summed E-state index contributed by atoms with van der Waals surface area (Å²) in [6, 6.07) is 1.57. The molecular formula is C16H32N2. The van der Waals surface area contributed by atoms with Gasteiger partial charge in [0.1, 0.15) is 0 Å². The molecule has 18 heavy (non-hydrogen) atoms. The van der Waals surface area contributed by atoms with Crippen molar-refractivity contribution in [3.05, 3.63) is 0 Å². The number of hydrogen-bond acceptors (Lipinski definition) is 2. The molecule has 1 saturated heterocycles. The predicted molar refractivity (Wildman–Crippen MR) is 78.9 cm³/mol. The second kappa shape index (κ2) is 5.92. The van der Waals surface area contributed by atoms with Crippen LogP contribution in [-0.2, 0) is 0 Å². The molecule has 2 heteroatoms. The molecule has 0 radical (unpaired) electrons. The molecule has 1 heterocycles. The maximum Gasteiger partial charge on any atom is 0.0278 e. The standard InChI is InChI=1S/C16H32N2/c1-5-14-8-7-9-15(10-14)18-12-16(4,6-2)17-11-13(18)3/h13-15,17H,5-12H2,1-4H3. The van der Waals surface area contributed by atoms with E-state index in [1.165, 1.54) is 45.1 Å². The second-order valence-corrected chi connectivity index (χ2v) is 6.91. The summed E-state index contributed by atoms with van der Waals surface area (Å²) in [6.07, 6.45) is 8.41. The number of hydrogen-bond donors (Lipinski definition) is 1. The van der Waals surface area contributed by atoms with Crippen molar-refractivity contribution in [2.45, 2.75) is 83.8 Å². The van der Waals surface area contributed by atoms with E-state index in [0.29, 0.717) is 11.6 Å². The Morgan fingerprint density at radius 3 is 2.72 bits per heavy atom.